The summed E-state index contributed by atoms with van der Waals surface area (Å²) in [5, 5.41) is 0. The van der Waals surface area contributed by atoms with Gasteiger partial charge >= 0.3 is 0 Å². The lowest BCUT2D eigenvalue weighted by Crippen LogP contribution is -2.46. The SMILES string of the molecule is CC(N)CC(N)C(N)CC(C)N. The second-order valence-corrected chi connectivity index (χ2v) is 3.75. The smallest absolute Gasteiger partial charge is 0.0207 e. The molecule has 0 aliphatic heterocycles. The average molecular weight is 174 g/mol. The summed E-state index contributed by atoms with van der Waals surface area (Å²) < 4.78 is 0. The van der Waals surface area contributed by atoms with E-state index in [1.807, 2.05) is 13.8 Å². The van der Waals surface area contributed by atoms with E-state index in [0.29, 0.717) is 0 Å². The van der Waals surface area contributed by atoms with E-state index in [-0.39, 0.29) is 24.2 Å². The van der Waals surface area contributed by atoms with Gasteiger partial charge in [0, 0.05) is 24.2 Å². The van der Waals surface area contributed by atoms with Crippen molar-refractivity contribution in [1.29, 1.82) is 0 Å². The minimum atomic E-state index is -0.0315. The van der Waals surface area contributed by atoms with Crippen molar-refractivity contribution in [3.05, 3.63) is 0 Å². The Hall–Kier alpha value is -0.160. The zero-order valence-corrected chi connectivity index (χ0v) is 8.03. The van der Waals surface area contributed by atoms with Gasteiger partial charge in [-0.05, 0) is 26.7 Å². The Labute approximate surface area is 74.7 Å². The maximum absolute atomic E-state index is 5.81. The second-order valence-electron chi connectivity index (χ2n) is 3.75. The van der Waals surface area contributed by atoms with Gasteiger partial charge in [0.25, 0.3) is 0 Å². The van der Waals surface area contributed by atoms with E-state index in [1.165, 1.54) is 0 Å². The molecule has 0 aliphatic rings. The molecule has 4 unspecified atom stereocenters. The van der Waals surface area contributed by atoms with Crippen LogP contribution in [0.5, 0.6) is 0 Å². The topological polar surface area (TPSA) is 104 Å². The van der Waals surface area contributed by atoms with Crippen molar-refractivity contribution in [1.82, 2.24) is 0 Å². The van der Waals surface area contributed by atoms with Crippen LogP contribution in [0.15, 0.2) is 0 Å². The molecule has 0 bridgehead atoms. The summed E-state index contributed by atoms with van der Waals surface area (Å²) in [6.45, 7) is 3.86. The molecule has 4 nitrogen and oxygen atoms in total. The quantitative estimate of drug-likeness (QED) is 0.434. The highest BCUT2D eigenvalue weighted by Gasteiger charge is 2.15. The molecular formula is C8H22N4. The van der Waals surface area contributed by atoms with E-state index in [4.69, 9.17) is 22.9 Å². The molecule has 0 spiro atoms. The Bertz CT molecular complexity index is 99.6. The molecular weight excluding hydrogens is 152 g/mol. The van der Waals surface area contributed by atoms with Crippen LogP contribution < -0.4 is 22.9 Å². The number of rotatable bonds is 5. The summed E-state index contributed by atoms with van der Waals surface area (Å²) in [4.78, 5) is 0. The first-order valence-corrected chi connectivity index (χ1v) is 4.45. The molecule has 4 atom stereocenters. The van der Waals surface area contributed by atoms with Gasteiger partial charge < -0.3 is 22.9 Å². The van der Waals surface area contributed by atoms with E-state index in [2.05, 4.69) is 0 Å². The maximum Gasteiger partial charge on any atom is 0.0207 e. The van der Waals surface area contributed by atoms with Gasteiger partial charge in [-0.15, -0.1) is 0 Å². The highest BCUT2D eigenvalue weighted by atomic mass is 14.8. The van der Waals surface area contributed by atoms with Crippen LogP contribution in [0.2, 0.25) is 0 Å². The Kier molecular flexibility index (Phi) is 5.41. The normalized spacial score (nSPS) is 21.5. The van der Waals surface area contributed by atoms with E-state index in [9.17, 15) is 0 Å². The van der Waals surface area contributed by atoms with Gasteiger partial charge in [0.1, 0.15) is 0 Å². The van der Waals surface area contributed by atoms with Gasteiger partial charge in [-0.2, -0.15) is 0 Å². The number of hydrogen-bond acceptors (Lipinski definition) is 4. The Morgan fingerprint density at radius 1 is 0.750 bits per heavy atom. The van der Waals surface area contributed by atoms with Crippen LogP contribution in [0, 0.1) is 0 Å². The molecule has 0 rings (SSSR count). The molecule has 0 radical (unpaired) electrons. The molecule has 0 heterocycles. The van der Waals surface area contributed by atoms with E-state index >= 15 is 0 Å². The van der Waals surface area contributed by atoms with Gasteiger partial charge in [-0.25, -0.2) is 0 Å². The highest BCUT2D eigenvalue weighted by Crippen LogP contribution is 2.02. The van der Waals surface area contributed by atoms with Crippen LogP contribution >= 0.6 is 0 Å². The second kappa shape index (κ2) is 5.48. The highest BCUT2D eigenvalue weighted by molar-refractivity contribution is 4.80. The molecule has 8 N–H and O–H groups in total. The molecule has 74 valence electrons. The standard InChI is InChI=1S/C8H22N4/c1-5(9)3-7(11)8(12)4-6(2)10/h5-8H,3-4,9-12H2,1-2H3. The van der Waals surface area contributed by atoms with Gasteiger partial charge in [-0.3, -0.25) is 0 Å². The zero-order valence-electron chi connectivity index (χ0n) is 8.03. The molecule has 0 aromatic rings. The van der Waals surface area contributed by atoms with E-state index in [1.54, 1.807) is 0 Å². The predicted molar refractivity (Wildman–Crippen MR) is 52.5 cm³/mol. The molecule has 12 heavy (non-hydrogen) atoms. The lowest BCUT2D eigenvalue weighted by Gasteiger charge is -2.22. The first-order chi connectivity index (χ1) is 5.43. The third-order valence-corrected chi connectivity index (χ3v) is 1.84. The molecule has 0 saturated heterocycles. The molecule has 0 aromatic heterocycles. The van der Waals surface area contributed by atoms with Crippen LogP contribution in [0.3, 0.4) is 0 Å². The summed E-state index contributed by atoms with van der Waals surface area (Å²) >= 11 is 0. The fourth-order valence-electron chi connectivity index (χ4n) is 1.21. The largest absolute Gasteiger partial charge is 0.328 e. The van der Waals surface area contributed by atoms with Gasteiger partial charge in [0.2, 0.25) is 0 Å². The predicted octanol–water partition coefficient (Wildman–Crippen LogP) is -0.884. The van der Waals surface area contributed by atoms with Crippen LogP contribution in [-0.4, -0.2) is 24.2 Å². The van der Waals surface area contributed by atoms with Crippen molar-refractivity contribution in [2.75, 3.05) is 0 Å². The average Bonchev–Trinajstić information content (AvgIpc) is 1.84. The van der Waals surface area contributed by atoms with Crippen molar-refractivity contribution in [2.24, 2.45) is 22.9 Å². The van der Waals surface area contributed by atoms with Crippen LogP contribution in [0.1, 0.15) is 26.7 Å². The summed E-state index contributed by atoms with van der Waals surface area (Å²) in [5.74, 6) is 0. The van der Waals surface area contributed by atoms with Crippen molar-refractivity contribution in [3.63, 3.8) is 0 Å². The summed E-state index contributed by atoms with van der Waals surface area (Å²) in [5.41, 5.74) is 22.8. The van der Waals surface area contributed by atoms with Gasteiger partial charge in [0.15, 0.2) is 0 Å². The minimum absolute atomic E-state index is 0.0315. The van der Waals surface area contributed by atoms with Crippen molar-refractivity contribution < 1.29 is 0 Å². The summed E-state index contributed by atoms with van der Waals surface area (Å²) in [7, 11) is 0. The van der Waals surface area contributed by atoms with Crippen LogP contribution in [0.4, 0.5) is 0 Å². The molecule has 0 saturated carbocycles. The first-order valence-electron chi connectivity index (χ1n) is 4.45. The van der Waals surface area contributed by atoms with Crippen molar-refractivity contribution >= 4 is 0 Å². The molecule has 0 aliphatic carbocycles. The fraction of sp³-hybridized carbons (Fsp3) is 1.00. The van der Waals surface area contributed by atoms with E-state index in [0.717, 1.165) is 12.8 Å². The van der Waals surface area contributed by atoms with Gasteiger partial charge in [0.05, 0.1) is 0 Å². The van der Waals surface area contributed by atoms with Crippen molar-refractivity contribution in [2.45, 2.75) is 50.9 Å². The minimum Gasteiger partial charge on any atom is -0.328 e. The molecule has 0 amide bonds. The summed E-state index contributed by atoms with van der Waals surface area (Å²) in [6.07, 6.45) is 1.52. The zero-order chi connectivity index (χ0) is 9.72. The number of hydrogen-bond donors (Lipinski definition) is 4. The Morgan fingerprint density at radius 3 is 1.17 bits per heavy atom. The maximum atomic E-state index is 5.81. The third kappa shape index (κ3) is 5.49. The van der Waals surface area contributed by atoms with Gasteiger partial charge in [-0.1, -0.05) is 0 Å². The van der Waals surface area contributed by atoms with Crippen LogP contribution in [0.25, 0.3) is 0 Å². The summed E-state index contributed by atoms with van der Waals surface area (Å²) in [6, 6.07) is 0.158. The third-order valence-electron chi connectivity index (χ3n) is 1.84. The Morgan fingerprint density at radius 2 is 1.00 bits per heavy atom. The lowest BCUT2D eigenvalue weighted by atomic mass is 9.97. The van der Waals surface area contributed by atoms with Crippen molar-refractivity contribution in [3.8, 4) is 0 Å². The molecule has 0 aromatic carbocycles. The molecule has 0 fully saturated rings. The number of nitrogens with two attached hydrogens (primary N) is 4. The Balaban J connectivity index is 3.68. The monoisotopic (exact) mass is 174 g/mol. The lowest BCUT2D eigenvalue weighted by molar-refractivity contribution is 0.422. The first kappa shape index (κ1) is 11.8. The van der Waals surface area contributed by atoms with Crippen LogP contribution in [-0.2, 0) is 0 Å². The fourth-order valence-corrected chi connectivity index (χ4v) is 1.21. The van der Waals surface area contributed by atoms with E-state index < -0.39 is 0 Å². The molecule has 4 heteroatoms.